The molecule has 3 rings (SSSR count). The van der Waals surface area contributed by atoms with Crippen molar-refractivity contribution < 1.29 is 8.78 Å². The van der Waals surface area contributed by atoms with Crippen molar-refractivity contribution in [3.8, 4) is 0 Å². The molecule has 1 atom stereocenters. The van der Waals surface area contributed by atoms with Crippen molar-refractivity contribution in [2.24, 2.45) is 0 Å². The Balaban J connectivity index is 2.03. The molecule has 1 aliphatic carbocycles. The molecule has 0 N–H and O–H groups in total. The van der Waals surface area contributed by atoms with Crippen molar-refractivity contribution in [2.45, 2.75) is 24.1 Å². The van der Waals surface area contributed by atoms with E-state index in [1.807, 2.05) is 6.07 Å². The maximum absolute atomic E-state index is 14.0. The standard InChI is InChI=1S/C16H12Br2F2/c17-12-7-13(19)15(14(20)8-12)16(18)11-5-4-9-2-1-3-10(9)6-11/h4-8,16H,1-3H2. The Bertz CT molecular complexity index is 645. The second-order valence-corrected chi connectivity index (χ2v) is 6.86. The molecule has 0 amide bonds. The van der Waals surface area contributed by atoms with Crippen LogP contribution in [0.2, 0.25) is 0 Å². The number of hydrogen-bond donors (Lipinski definition) is 0. The predicted molar refractivity (Wildman–Crippen MR) is 83.3 cm³/mol. The number of fused-ring (bicyclic) bond motifs is 1. The monoisotopic (exact) mass is 400 g/mol. The van der Waals surface area contributed by atoms with E-state index in [-0.39, 0.29) is 5.56 Å². The zero-order valence-electron chi connectivity index (χ0n) is 10.6. The van der Waals surface area contributed by atoms with Crippen molar-refractivity contribution in [3.05, 3.63) is 68.7 Å². The van der Waals surface area contributed by atoms with Crippen molar-refractivity contribution in [1.82, 2.24) is 0 Å². The zero-order valence-corrected chi connectivity index (χ0v) is 13.8. The van der Waals surface area contributed by atoms with Gasteiger partial charge in [-0.1, -0.05) is 50.1 Å². The highest BCUT2D eigenvalue weighted by atomic mass is 79.9. The fourth-order valence-corrected chi connectivity index (χ4v) is 3.84. The van der Waals surface area contributed by atoms with Gasteiger partial charge in [-0.2, -0.15) is 0 Å². The largest absolute Gasteiger partial charge is 0.206 e. The first kappa shape index (κ1) is 14.2. The molecule has 1 unspecified atom stereocenters. The molecule has 0 radical (unpaired) electrons. The minimum atomic E-state index is -0.542. The van der Waals surface area contributed by atoms with Crippen molar-refractivity contribution in [1.29, 1.82) is 0 Å². The van der Waals surface area contributed by atoms with Gasteiger partial charge in [0.1, 0.15) is 11.6 Å². The molecule has 104 valence electrons. The summed E-state index contributed by atoms with van der Waals surface area (Å²) in [5, 5.41) is 0. The van der Waals surface area contributed by atoms with E-state index in [1.54, 1.807) is 0 Å². The second kappa shape index (κ2) is 5.57. The maximum Gasteiger partial charge on any atom is 0.131 e. The fraction of sp³-hybridized carbons (Fsp3) is 0.250. The summed E-state index contributed by atoms with van der Waals surface area (Å²) < 4.78 is 28.5. The van der Waals surface area contributed by atoms with Gasteiger partial charge in [0.2, 0.25) is 0 Å². The summed E-state index contributed by atoms with van der Waals surface area (Å²) in [5.41, 5.74) is 3.60. The number of benzene rings is 2. The average molecular weight is 402 g/mol. The summed E-state index contributed by atoms with van der Waals surface area (Å²) in [5.74, 6) is -1.08. The van der Waals surface area contributed by atoms with Gasteiger partial charge in [0, 0.05) is 10.0 Å². The summed E-state index contributed by atoms with van der Waals surface area (Å²) in [6, 6.07) is 8.66. The molecule has 2 aromatic carbocycles. The first-order chi connectivity index (χ1) is 9.56. The Morgan fingerprint density at radius 3 is 2.30 bits per heavy atom. The molecule has 0 bridgehead atoms. The second-order valence-electron chi connectivity index (χ2n) is 5.03. The Hall–Kier alpha value is -0.740. The van der Waals surface area contributed by atoms with Crippen LogP contribution in [-0.4, -0.2) is 0 Å². The molecule has 0 nitrogen and oxygen atoms in total. The number of aryl methyl sites for hydroxylation is 2. The van der Waals surface area contributed by atoms with Crippen LogP contribution in [-0.2, 0) is 12.8 Å². The highest BCUT2D eigenvalue weighted by Crippen LogP contribution is 2.37. The van der Waals surface area contributed by atoms with Crippen LogP contribution >= 0.6 is 31.9 Å². The maximum atomic E-state index is 14.0. The summed E-state index contributed by atoms with van der Waals surface area (Å²) >= 11 is 6.53. The normalized spacial score (nSPS) is 15.2. The number of halogens is 4. The van der Waals surface area contributed by atoms with E-state index in [2.05, 4.69) is 44.0 Å². The Labute approximate surface area is 133 Å². The summed E-state index contributed by atoms with van der Waals surface area (Å²) in [6.45, 7) is 0. The molecule has 2 aromatic rings. The fourth-order valence-electron chi connectivity index (χ4n) is 2.71. The minimum absolute atomic E-state index is 0.0612. The van der Waals surface area contributed by atoms with Gasteiger partial charge in [-0.15, -0.1) is 0 Å². The molecule has 1 aliphatic rings. The summed E-state index contributed by atoms with van der Waals surface area (Å²) in [6.07, 6.45) is 3.31. The molecule has 0 aromatic heterocycles. The van der Waals surface area contributed by atoms with Crippen LogP contribution in [0.4, 0.5) is 8.78 Å². The number of hydrogen-bond acceptors (Lipinski definition) is 0. The topological polar surface area (TPSA) is 0 Å². The average Bonchev–Trinajstić information content (AvgIpc) is 2.84. The van der Waals surface area contributed by atoms with Crippen molar-refractivity contribution in [3.63, 3.8) is 0 Å². The van der Waals surface area contributed by atoms with E-state index < -0.39 is 16.5 Å². The van der Waals surface area contributed by atoms with Crippen molar-refractivity contribution in [2.75, 3.05) is 0 Å². The molecule has 0 spiro atoms. The number of rotatable bonds is 2. The third kappa shape index (κ3) is 2.56. The lowest BCUT2D eigenvalue weighted by Gasteiger charge is -2.14. The van der Waals surface area contributed by atoms with Gasteiger partial charge in [0.05, 0.1) is 4.83 Å². The first-order valence-corrected chi connectivity index (χ1v) is 8.17. The van der Waals surface area contributed by atoms with Gasteiger partial charge in [-0.05, 0) is 48.1 Å². The minimum Gasteiger partial charge on any atom is -0.206 e. The van der Waals surface area contributed by atoms with Crippen LogP contribution in [0.1, 0.15) is 33.5 Å². The van der Waals surface area contributed by atoms with E-state index in [4.69, 9.17) is 0 Å². The van der Waals surface area contributed by atoms with Gasteiger partial charge in [0.15, 0.2) is 0 Å². The van der Waals surface area contributed by atoms with Crippen LogP contribution in [0.5, 0.6) is 0 Å². The third-order valence-electron chi connectivity index (χ3n) is 3.71. The highest BCUT2D eigenvalue weighted by Gasteiger charge is 2.22. The molecule has 20 heavy (non-hydrogen) atoms. The lowest BCUT2D eigenvalue weighted by atomic mass is 10.00. The van der Waals surface area contributed by atoms with Gasteiger partial charge in [-0.3, -0.25) is 0 Å². The van der Waals surface area contributed by atoms with E-state index in [1.165, 1.54) is 23.3 Å². The lowest BCUT2D eigenvalue weighted by Crippen LogP contribution is -2.01. The van der Waals surface area contributed by atoms with Gasteiger partial charge in [-0.25, -0.2) is 8.78 Å². The SMILES string of the molecule is Fc1cc(Br)cc(F)c1C(Br)c1ccc2c(c1)CCC2. The number of alkyl halides is 1. The van der Waals surface area contributed by atoms with E-state index in [9.17, 15) is 8.78 Å². The molecule has 4 heteroatoms. The van der Waals surface area contributed by atoms with Crippen LogP contribution in [0, 0.1) is 11.6 Å². The molecular weight excluding hydrogens is 390 g/mol. The molecule has 0 fully saturated rings. The third-order valence-corrected chi connectivity index (χ3v) is 5.16. The van der Waals surface area contributed by atoms with Crippen LogP contribution in [0.15, 0.2) is 34.8 Å². The molecule has 0 aliphatic heterocycles. The molecule has 0 saturated heterocycles. The predicted octanol–water partition coefficient (Wildman–Crippen LogP) is 5.70. The summed E-state index contributed by atoms with van der Waals surface area (Å²) in [4.78, 5) is -0.471. The molecule has 0 heterocycles. The van der Waals surface area contributed by atoms with Gasteiger partial charge in [0.25, 0.3) is 0 Å². The highest BCUT2D eigenvalue weighted by molar-refractivity contribution is 9.10. The quantitative estimate of drug-likeness (QED) is 0.566. The smallest absolute Gasteiger partial charge is 0.131 e. The van der Waals surface area contributed by atoms with Crippen LogP contribution < -0.4 is 0 Å². The Kier molecular flexibility index (Phi) is 3.95. The summed E-state index contributed by atoms with van der Waals surface area (Å²) in [7, 11) is 0. The van der Waals surface area contributed by atoms with Crippen LogP contribution in [0.25, 0.3) is 0 Å². The Morgan fingerprint density at radius 2 is 1.60 bits per heavy atom. The van der Waals surface area contributed by atoms with E-state index >= 15 is 0 Å². The van der Waals surface area contributed by atoms with Crippen LogP contribution in [0.3, 0.4) is 0 Å². The molecular formula is C16H12Br2F2. The molecule has 0 saturated carbocycles. The van der Waals surface area contributed by atoms with E-state index in [0.717, 1.165) is 24.8 Å². The zero-order chi connectivity index (χ0) is 14.3. The Morgan fingerprint density at radius 1 is 0.950 bits per heavy atom. The lowest BCUT2D eigenvalue weighted by molar-refractivity contribution is 0.559. The van der Waals surface area contributed by atoms with Gasteiger partial charge < -0.3 is 0 Å². The first-order valence-electron chi connectivity index (χ1n) is 6.46. The van der Waals surface area contributed by atoms with Gasteiger partial charge >= 0.3 is 0 Å². The van der Waals surface area contributed by atoms with Crippen molar-refractivity contribution >= 4 is 31.9 Å². The van der Waals surface area contributed by atoms with E-state index in [0.29, 0.717) is 4.47 Å².